The molecule has 2 nitrogen and oxygen atoms in total. The summed E-state index contributed by atoms with van der Waals surface area (Å²) in [7, 11) is 0. The van der Waals surface area contributed by atoms with Crippen LogP contribution in [-0.4, -0.2) is 9.97 Å². The number of benzene rings is 2. The third kappa shape index (κ3) is 2.97. The van der Waals surface area contributed by atoms with E-state index in [1.807, 2.05) is 18.3 Å². The van der Waals surface area contributed by atoms with Gasteiger partial charge >= 0.3 is 0 Å². The van der Waals surface area contributed by atoms with Gasteiger partial charge in [-0.1, -0.05) is 41.9 Å². The molecule has 0 saturated carbocycles. The van der Waals surface area contributed by atoms with Gasteiger partial charge in [0.05, 0.1) is 16.7 Å². The van der Waals surface area contributed by atoms with Crippen molar-refractivity contribution < 1.29 is 0 Å². The lowest BCUT2D eigenvalue weighted by molar-refractivity contribution is 1.32. The fourth-order valence-corrected chi connectivity index (χ4v) is 3.72. The van der Waals surface area contributed by atoms with Crippen LogP contribution in [0, 0.1) is 13.8 Å². The highest BCUT2D eigenvalue weighted by Gasteiger charge is 2.08. The number of allylic oxidation sites excluding steroid dienone is 1. The van der Waals surface area contributed by atoms with Gasteiger partial charge in [-0.05, 0) is 67.3 Å². The molecule has 0 unspecified atom stereocenters. The van der Waals surface area contributed by atoms with Gasteiger partial charge < -0.3 is 0 Å². The SMILES string of the molecule is C/C(=C\c1c(C)cc(C)cc1Cl)c1ccc2ccc3cccnc3c2n1. The first kappa shape index (κ1) is 16.7. The molecular formula is C23H19ClN2. The van der Waals surface area contributed by atoms with Crippen LogP contribution in [0.4, 0.5) is 0 Å². The van der Waals surface area contributed by atoms with Crippen LogP contribution in [0.15, 0.2) is 54.7 Å². The maximum absolute atomic E-state index is 6.46. The predicted octanol–water partition coefficient (Wildman–Crippen LogP) is 6.61. The van der Waals surface area contributed by atoms with Crippen LogP contribution < -0.4 is 0 Å². The van der Waals surface area contributed by atoms with E-state index in [2.05, 4.69) is 68.2 Å². The average molecular weight is 359 g/mol. The number of hydrogen-bond donors (Lipinski definition) is 0. The zero-order valence-corrected chi connectivity index (χ0v) is 15.8. The molecule has 0 saturated heterocycles. The summed E-state index contributed by atoms with van der Waals surface area (Å²) in [6, 6.07) is 16.5. The number of aromatic nitrogens is 2. The summed E-state index contributed by atoms with van der Waals surface area (Å²) in [5.41, 5.74) is 7.27. The minimum absolute atomic E-state index is 0.773. The van der Waals surface area contributed by atoms with Gasteiger partial charge in [0, 0.05) is 22.0 Å². The molecule has 0 atom stereocenters. The predicted molar refractivity (Wildman–Crippen MR) is 112 cm³/mol. The van der Waals surface area contributed by atoms with Gasteiger partial charge in [-0.15, -0.1) is 0 Å². The number of rotatable bonds is 2. The van der Waals surface area contributed by atoms with E-state index in [9.17, 15) is 0 Å². The van der Waals surface area contributed by atoms with Crippen molar-refractivity contribution in [2.24, 2.45) is 0 Å². The maximum Gasteiger partial charge on any atom is 0.0971 e. The van der Waals surface area contributed by atoms with E-state index in [4.69, 9.17) is 16.6 Å². The summed E-state index contributed by atoms with van der Waals surface area (Å²) in [6.45, 7) is 6.22. The van der Waals surface area contributed by atoms with Crippen LogP contribution in [0.2, 0.25) is 5.02 Å². The smallest absolute Gasteiger partial charge is 0.0971 e. The van der Waals surface area contributed by atoms with Gasteiger partial charge in [0.2, 0.25) is 0 Å². The lowest BCUT2D eigenvalue weighted by atomic mass is 10.0. The van der Waals surface area contributed by atoms with Crippen LogP contribution in [0.25, 0.3) is 33.5 Å². The van der Waals surface area contributed by atoms with E-state index in [1.54, 1.807) is 0 Å². The highest BCUT2D eigenvalue weighted by atomic mass is 35.5. The highest BCUT2D eigenvalue weighted by Crippen LogP contribution is 2.28. The second kappa shape index (κ2) is 6.54. The van der Waals surface area contributed by atoms with E-state index in [0.717, 1.165) is 43.7 Å². The van der Waals surface area contributed by atoms with Crippen LogP contribution in [0.5, 0.6) is 0 Å². The Morgan fingerprint density at radius 1 is 0.962 bits per heavy atom. The van der Waals surface area contributed by atoms with E-state index in [0.29, 0.717) is 0 Å². The van der Waals surface area contributed by atoms with Gasteiger partial charge in [0.15, 0.2) is 0 Å². The number of aryl methyl sites for hydroxylation is 2. The molecule has 128 valence electrons. The van der Waals surface area contributed by atoms with Crippen molar-refractivity contribution in [2.75, 3.05) is 0 Å². The maximum atomic E-state index is 6.46. The van der Waals surface area contributed by atoms with Crippen LogP contribution in [0.3, 0.4) is 0 Å². The Labute approximate surface area is 158 Å². The van der Waals surface area contributed by atoms with Crippen molar-refractivity contribution in [1.29, 1.82) is 0 Å². The zero-order chi connectivity index (χ0) is 18.3. The highest BCUT2D eigenvalue weighted by molar-refractivity contribution is 6.32. The largest absolute Gasteiger partial charge is 0.254 e. The van der Waals surface area contributed by atoms with Crippen LogP contribution in [-0.2, 0) is 0 Å². The number of pyridine rings is 2. The molecule has 0 aliphatic heterocycles. The van der Waals surface area contributed by atoms with E-state index < -0.39 is 0 Å². The topological polar surface area (TPSA) is 25.8 Å². The van der Waals surface area contributed by atoms with Gasteiger partial charge in [0.1, 0.15) is 0 Å². The quantitative estimate of drug-likeness (QED) is 0.376. The van der Waals surface area contributed by atoms with Crippen molar-refractivity contribution in [2.45, 2.75) is 20.8 Å². The van der Waals surface area contributed by atoms with Gasteiger partial charge in [-0.2, -0.15) is 0 Å². The third-order valence-corrected chi connectivity index (χ3v) is 4.99. The summed E-state index contributed by atoms with van der Waals surface area (Å²) < 4.78 is 0. The lowest BCUT2D eigenvalue weighted by Crippen LogP contribution is -1.91. The Bertz CT molecular complexity index is 1150. The molecule has 0 bridgehead atoms. The Morgan fingerprint density at radius 3 is 2.46 bits per heavy atom. The Kier molecular flexibility index (Phi) is 4.21. The van der Waals surface area contributed by atoms with Gasteiger partial charge in [-0.25, -0.2) is 4.98 Å². The number of hydrogen-bond acceptors (Lipinski definition) is 2. The third-order valence-electron chi connectivity index (χ3n) is 4.68. The summed E-state index contributed by atoms with van der Waals surface area (Å²) in [4.78, 5) is 9.43. The molecule has 0 aliphatic carbocycles. The summed E-state index contributed by atoms with van der Waals surface area (Å²) >= 11 is 6.46. The lowest BCUT2D eigenvalue weighted by Gasteiger charge is -2.09. The normalized spacial score (nSPS) is 12.1. The molecule has 4 rings (SSSR count). The van der Waals surface area contributed by atoms with Crippen LogP contribution in [0.1, 0.15) is 29.3 Å². The molecule has 0 spiro atoms. The first-order valence-corrected chi connectivity index (χ1v) is 9.00. The molecule has 3 heteroatoms. The zero-order valence-electron chi connectivity index (χ0n) is 15.0. The molecule has 0 N–H and O–H groups in total. The minimum atomic E-state index is 0.773. The molecule has 26 heavy (non-hydrogen) atoms. The van der Waals surface area contributed by atoms with E-state index >= 15 is 0 Å². The molecule has 2 aromatic carbocycles. The number of fused-ring (bicyclic) bond motifs is 3. The average Bonchev–Trinajstić information content (AvgIpc) is 2.64. The monoisotopic (exact) mass is 358 g/mol. The van der Waals surface area contributed by atoms with E-state index in [1.165, 1.54) is 11.1 Å². The van der Waals surface area contributed by atoms with Gasteiger partial charge in [0.25, 0.3) is 0 Å². The van der Waals surface area contributed by atoms with E-state index in [-0.39, 0.29) is 0 Å². The molecule has 0 amide bonds. The van der Waals surface area contributed by atoms with Crippen molar-refractivity contribution in [3.63, 3.8) is 0 Å². The Morgan fingerprint density at radius 2 is 1.69 bits per heavy atom. The fourth-order valence-electron chi connectivity index (χ4n) is 3.34. The molecule has 2 aromatic heterocycles. The molecule has 0 aliphatic rings. The molecular weight excluding hydrogens is 340 g/mol. The minimum Gasteiger partial charge on any atom is -0.254 e. The first-order chi connectivity index (χ1) is 12.5. The molecule has 0 radical (unpaired) electrons. The molecule has 4 aromatic rings. The summed E-state index contributed by atoms with van der Waals surface area (Å²) in [5, 5.41) is 2.97. The number of halogens is 1. The first-order valence-electron chi connectivity index (χ1n) is 8.63. The molecule has 0 fully saturated rings. The van der Waals surface area contributed by atoms with Crippen LogP contribution >= 0.6 is 11.6 Å². The summed E-state index contributed by atoms with van der Waals surface area (Å²) in [6.07, 6.45) is 3.93. The van der Waals surface area contributed by atoms with Gasteiger partial charge in [-0.3, -0.25) is 4.98 Å². The van der Waals surface area contributed by atoms with Crippen molar-refractivity contribution >= 4 is 45.1 Å². The summed E-state index contributed by atoms with van der Waals surface area (Å²) in [5.74, 6) is 0. The Hall–Kier alpha value is -2.71. The second-order valence-electron chi connectivity index (χ2n) is 6.71. The number of nitrogens with zero attached hydrogens (tertiary/aromatic N) is 2. The van der Waals surface area contributed by atoms with Crippen molar-refractivity contribution in [3.8, 4) is 0 Å². The second-order valence-corrected chi connectivity index (χ2v) is 7.12. The van der Waals surface area contributed by atoms with Crippen molar-refractivity contribution in [1.82, 2.24) is 9.97 Å². The standard InChI is InChI=1S/C23H19ClN2/c1-14-11-15(2)19(20(24)12-14)13-16(3)21-9-8-18-7-6-17-5-4-10-25-22(17)23(18)26-21/h4-13H,1-3H3/b16-13+. The Balaban J connectivity index is 1.87. The fraction of sp³-hybridized carbons (Fsp3) is 0.130. The van der Waals surface area contributed by atoms with Crippen molar-refractivity contribution in [3.05, 3.63) is 82.1 Å². The molecule has 2 heterocycles.